The maximum absolute atomic E-state index is 12.3. The fourth-order valence-electron chi connectivity index (χ4n) is 1.45. The van der Waals surface area contributed by atoms with E-state index in [0.29, 0.717) is 6.54 Å². The van der Waals surface area contributed by atoms with Crippen LogP contribution in [-0.4, -0.2) is 40.8 Å². The third kappa shape index (κ3) is 5.89. The Morgan fingerprint density at radius 2 is 1.85 bits per heavy atom. The molecule has 0 saturated heterocycles. The smallest absolute Gasteiger partial charge is 0.391 e. The lowest BCUT2D eigenvalue weighted by molar-refractivity contribution is -0.136. The second kappa shape index (κ2) is 7.11. The summed E-state index contributed by atoms with van der Waals surface area (Å²) in [6.07, 6.45) is -4.35. The van der Waals surface area contributed by atoms with Crippen LogP contribution in [0, 0.1) is 0 Å². The molecule has 1 heterocycles. The molecule has 20 heavy (non-hydrogen) atoms. The Hall–Kier alpha value is -1.80. The number of methoxy groups -OCH3 is 1. The number of nitrogens with one attached hydrogen (secondary N) is 2. The quantitative estimate of drug-likeness (QED) is 0.804. The molecule has 0 aliphatic heterocycles. The molecule has 0 amide bonds. The molecular formula is C11H18F3N5O. The van der Waals surface area contributed by atoms with Crippen molar-refractivity contribution in [3.63, 3.8) is 0 Å². The van der Waals surface area contributed by atoms with Crippen LogP contribution in [0.3, 0.4) is 0 Å². The number of anilines is 2. The molecule has 0 bridgehead atoms. The number of ether oxygens (including phenoxy) is 1. The van der Waals surface area contributed by atoms with E-state index >= 15 is 0 Å². The van der Waals surface area contributed by atoms with Gasteiger partial charge in [-0.3, -0.25) is 0 Å². The van der Waals surface area contributed by atoms with Crippen molar-refractivity contribution in [3.05, 3.63) is 0 Å². The minimum atomic E-state index is -4.24. The maximum atomic E-state index is 12.3. The van der Waals surface area contributed by atoms with Gasteiger partial charge in [0.15, 0.2) is 0 Å². The van der Waals surface area contributed by atoms with Crippen molar-refractivity contribution in [1.29, 1.82) is 0 Å². The van der Waals surface area contributed by atoms with Crippen molar-refractivity contribution in [2.24, 2.45) is 0 Å². The van der Waals surface area contributed by atoms with E-state index in [2.05, 4.69) is 25.6 Å². The van der Waals surface area contributed by atoms with E-state index in [4.69, 9.17) is 4.74 Å². The molecule has 1 aromatic rings. The molecule has 0 fully saturated rings. The van der Waals surface area contributed by atoms with Crippen LogP contribution >= 0.6 is 0 Å². The lowest BCUT2D eigenvalue weighted by Crippen LogP contribution is -2.25. The highest BCUT2D eigenvalue weighted by Crippen LogP contribution is 2.23. The lowest BCUT2D eigenvalue weighted by atomic mass is 10.2. The van der Waals surface area contributed by atoms with Crippen molar-refractivity contribution in [3.8, 4) is 6.01 Å². The number of aromatic nitrogens is 3. The van der Waals surface area contributed by atoms with Crippen molar-refractivity contribution in [2.75, 3.05) is 24.3 Å². The van der Waals surface area contributed by atoms with Crippen molar-refractivity contribution < 1.29 is 17.9 Å². The third-order valence-electron chi connectivity index (χ3n) is 2.24. The van der Waals surface area contributed by atoms with Crippen LogP contribution in [0.5, 0.6) is 6.01 Å². The van der Waals surface area contributed by atoms with Gasteiger partial charge in [-0.05, 0) is 13.3 Å². The summed E-state index contributed by atoms with van der Waals surface area (Å²) in [6, 6.07) is -0.804. The van der Waals surface area contributed by atoms with Gasteiger partial charge in [0, 0.05) is 12.6 Å². The monoisotopic (exact) mass is 293 g/mol. The van der Waals surface area contributed by atoms with Crippen LogP contribution in [0.25, 0.3) is 0 Å². The van der Waals surface area contributed by atoms with E-state index in [9.17, 15) is 13.2 Å². The van der Waals surface area contributed by atoms with Crippen LogP contribution in [0.4, 0.5) is 25.1 Å². The van der Waals surface area contributed by atoms with Crippen molar-refractivity contribution >= 4 is 11.9 Å². The normalized spacial score (nSPS) is 12.9. The van der Waals surface area contributed by atoms with E-state index in [1.54, 1.807) is 0 Å². The van der Waals surface area contributed by atoms with Gasteiger partial charge in [-0.1, -0.05) is 6.92 Å². The molecule has 0 radical (unpaired) electrons. The first-order valence-electron chi connectivity index (χ1n) is 6.21. The predicted octanol–water partition coefficient (Wildman–Crippen LogP) is 2.45. The molecule has 6 nitrogen and oxygen atoms in total. The van der Waals surface area contributed by atoms with Gasteiger partial charge in [0.05, 0.1) is 13.5 Å². The summed E-state index contributed by atoms with van der Waals surface area (Å²) in [6.45, 7) is 4.02. The Labute approximate surface area is 115 Å². The van der Waals surface area contributed by atoms with Gasteiger partial charge in [0.2, 0.25) is 11.9 Å². The van der Waals surface area contributed by atoms with Gasteiger partial charge in [-0.25, -0.2) is 0 Å². The number of alkyl halides is 3. The molecule has 1 rings (SSSR count). The minimum Gasteiger partial charge on any atom is -0.467 e. The average molecular weight is 293 g/mol. The van der Waals surface area contributed by atoms with Gasteiger partial charge < -0.3 is 15.4 Å². The molecule has 0 spiro atoms. The van der Waals surface area contributed by atoms with Crippen molar-refractivity contribution in [1.82, 2.24) is 15.0 Å². The highest BCUT2D eigenvalue weighted by atomic mass is 19.4. The van der Waals surface area contributed by atoms with E-state index in [1.165, 1.54) is 14.0 Å². The van der Waals surface area contributed by atoms with Gasteiger partial charge in [-0.2, -0.15) is 28.1 Å². The fourth-order valence-corrected chi connectivity index (χ4v) is 1.45. The number of halogens is 3. The zero-order valence-corrected chi connectivity index (χ0v) is 11.6. The zero-order chi connectivity index (χ0) is 15.2. The van der Waals surface area contributed by atoms with Gasteiger partial charge in [0.25, 0.3) is 0 Å². The summed E-state index contributed by atoms with van der Waals surface area (Å²) in [4.78, 5) is 11.8. The third-order valence-corrected chi connectivity index (χ3v) is 2.24. The lowest BCUT2D eigenvalue weighted by Gasteiger charge is -2.16. The Bertz CT molecular complexity index is 427. The SMILES string of the molecule is CCCNc1nc(NC(C)CC(F)(F)F)nc(OC)n1. The van der Waals surface area contributed by atoms with E-state index < -0.39 is 18.6 Å². The summed E-state index contributed by atoms with van der Waals surface area (Å²) in [5.41, 5.74) is 0. The first kappa shape index (κ1) is 16.3. The van der Waals surface area contributed by atoms with Crippen molar-refractivity contribution in [2.45, 2.75) is 38.9 Å². The molecule has 114 valence electrons. The number of nitrogens with zero attached hydrogens (tertiary/aromatic N) is 3. The van der Waals surface area contributed by atoms with Crippen LogP contribution in [0.15, 0.2) is 0 Å². The standard InChI is InChI=1S/C11H18F3N5O/c1-4-5-15-8-17-9(19-10(18-8)20-3)16-7(2)6-11(12,13)14/h7H,4-6H2,1-3H3,(H2,15,16,17,18,19). The average Bonchev–Trinajstić information content (AvgIpc) is 2.33. The molecule has 1 aromatic heterocycles. The summed E-state index contributed by atoms with van der Waals surface area (Å²) < 4.78 is 41.7. The minimum absolute atomic E-state index is 0.0420. The Balaban J connectivity index is 2.77. The predicted molar refractivity (Wildman–Crippen MR) is 68.9 cm³/mol. The molecule has 1 atom stereocenters. The van der Waals surface area contributed by atoms with Crippen LogP contribution < -0.4 is 15.4 Å². The molecule has 0 saturated carbocycles. The van der Waals surface area contributed by atoms with Gasteiger partial charge >= 0.3 is 12.2 Å². The molecule has 0 aliphatic rings. The van der Waals surface area contributed by atoms with Crippen LogP contribution in [0.2, 0.25) is 0 Å². The summed E-state index contributed by atoms with van der Waals surface area (Å²) >= 11 is 0. The van der Waals surface area contributed by atoms with E-state index in [1.807, 2.05) is 6.92 Å². The molecule has 2 N–H and O–H groups in total. The Kier molecular flexibility index (Phi) is 5.78. The maximum Gasteiger partial charge on any atom is 0.391 e. The first-order chi connectivity index (χ1) is 9.34. The fraction of sp³-hybridized carbons (Fsp3) is 0.727. The van der Waals surface area contributed by atoms with E-state index in [0.717, 1.165) is 6.42 Å². The number of hydrogen-bond acceptors (Lipinski definition) is 6. The molecule has 9 heteroatoms. The topological polar surface area (TPSA) is 72.0 Å². The van der Waals surface area contributed by atoms with Gasteiger partial charge in [0.1, 0.15) is 0 Å². The molecule has 1 unspecified atom stereocenters. The Morgan fingerprint density at radius 1 is 1.20 bits per heavy atom. The highest BCUT2D eigenvalue weighted by molar-refractivity contribution is 5.36. The number of hydrogen-bond donors (Lipinski definition) is 2. The highest BCUT2D eigenvalue weighted by Gasteiger charge is 2.30. The Morgan fingerprint density at radius 3 is 2.40 bits per heavy atom. The molecule has 0 aromatic carbocycles. The van der Waals surface area contributed by atoms with Crippen LogP contribution in [0.1, 0.15) is 26.7 Å². The summed E-state index contributed by atoms with van der Waals surface area (Å²) in [7, 11) is 1.38. The van der Waals surface area contributed by atoms with E-state index in [-0.39, 0.29) is 17.9 Å². The van der Waals surface area contributed by atoms with Gasteiger partial charge in [-0.15, -0.1) is 0 Å². The zero-order valence-electron chi connectivity index (χ0n) is 11.6. The van der Waals surface area contributed by atoms with Crippen LogP contribution in [-0.2, 0) is 0 Å². The molecule has 0 aliphatic carbocycles. The second-order valence-electron chi connectivity index (χ2n) is 4.26. The summed E-state index contributed by atoms with van der Waals surface area (Å²) in [5, 5.41) is 5.51. The largest absolute Gasteiger partial charge is 0.467 e. The summed E-state index contributed by atoms with van der Waals surface area (Å²) in [5.74, 6) is 0.313. The first-order valence-corrected chi connectivity index (χ1v) is 6.21. The second-order valence-corrected chi connectivity index (χ2v) is 4.26. The molecular weight excluding hydrogens is 275 g/mol. The number of rotatable bonds is 7.